The summed E-state index contributed by atoms with van der Waals surface area (Å²) in [5.74, 6) is 1.05. The molecule has 0 radical (unpaired) electrons. The molecule has 0 aromatic heterocycles. The van der Waals surface area contributed by atoms with Gasteiger partial charge in [-0.25, -0.2) is 0 Å². The molecule has 9 heteroatoms. The Labute approximate surface area is 191 Å². The molecule has 0 spiro atoms. The van der Waals surface area contributed by atoms with Crippen LogP contribution in [0.1, 0.15) is 41.2 Å². The van der Waals surface area contributed by atoms with Crippen LogP contribution in [0.25, 0.3) is 0 Å². The molecule has 2 aromatic rings. The van der Waals surface area contributed by atoms with Gasteiger partial charge in [-0.3, -0.25) is 14.4 Å². The molecule has 1 aliphatic rings. The van der Waals surface area contributed by atoms with Crippen LogP contribution in [0.2, 0.25) is 0 Å². The van der Waals surface area contributed by atoms with Gasteiger partial charge in [-0.1, -0.05) is 6.07 Å². The number of hydrogen-bond acceptors (Lipinski definition) is 8. The van der Waals surface area contributed by atoms with E-state index in [1.165, 1.54) is 21.3 Å². The Balaban J connectivity index is 1.66. The Kier molecular flexibility index (Phi) is 8.12. The third-order valence-electron chi connectivity index (χ3n) is 5.19. The second-order valence-corrected chi connectivity index (χ2v) is 7.30. The number of ketones is 1. The first-order valence-electron chi connectivity index (χ1n) is 10.5. The second kappa shape index (κ2) is 11.2. The number of methoxy groups -OCH3 is 3. The number of carbonyl (C=O) groups excluding carboxylic acids is 3. The molecule has 0 aliphatic carbocycles. The Bertz CT molecular complexity index is 1020. The second-order valence-electron chi connectivity index (χ2n) is 7.30. The van der Waals surface area contributed by atoms with E-state index in [9.17, 15) is 14.4 Å². The molecule has 1 amide bonds. The van der Waals surface area contributed by atoms with Gasteiger partial charge < -0.3 is 29.0 Å². The molecule has 0 saturated carbocycles. The van der Waals surface area contributed by atoms with E-state index in [0.29, 0.717) is 47.3 Å². The van der Waals surface area contributed by atoms with E-state index in [2.05, 4.69) is 5.32 Å². The maximum atomic E-state index is 12.6. The van der Waals surface area contributed by atoms with Crippen LogP contribution in [0.4, 0.5) is 0 Å². The summed E-state index contributed by atoms with van der Waals surface area (Å²) in [6.07, 6.45) is -0.117. The van der Waals surface area contributed by atoms with E-state index in [1.807, 2.05) is 0 Å². The molecule has 1 atom stereocenters. The predicted octanol–water partition coefficient (Wildman–Crippen LogP) is 2.86. The van der Waals surface area contributed by atoms with E-state index >= 15 is 0 Å². The lowest BCUT2D eigenvalue weighted by Gasteiger charge is -2.20. The van der Waals surface area contributed by atoms with Crippen molar-refractivity contribution in [3.05, 3.63) is 47.5 Å². The van der Waals surface area contributed by atoms with Gasteiger partial charge in [0.2, 0.25) is 5.91 Å². The lowest BCUT2D eigenvalue weighted by molar-refractivity contribution is -0.141. The molecule has 0 bridgehead atoms. The van der Waals surface area contributed by atoms with Crippen molar-refractivity contribution in [2.45, 2.75) is 25.3 Å². The Hall–Kier alpha value is -3.75. The van der Waals surface area contributed by atoms with Crippen LogP contribution in [0.3, 0.4) is 0 Å². The van der Waals surface area contributed by atoms with Crippen LogP contribution in [0.15, 0.2) is 36.4 Å². The lowest BCUT2D eigenvalue weighted by Crippen LogP contribution is -2.30. The highest BCUT2D eigenvalue weighted by atomic mass is 16.6. The smallest absolute Gasteiger partial charge is 0.307 e. The maximum Gasteiger partial charge on any atom is 0.307 e. The number of amides is 1. The van der Waals surface area contributed by atoms with E-state index < -0.39 is 12.0 Å². The highest BCUT2D eigenvalue weighted by Crippen LogP contribution is 2.32. The third-order valence-corrected chi connectivity index (χ3v) is 5.19. The summed E-state index contributed by atoms with van der Waals surface area (Å²) < 4.78 is 26.3. The zero-order chi connectivity index (χ0) is 23.8. The molecule has 0 fully saturated rings. The third kappa shape index (κ3) is 6.15. The summed E-state index contributed by atoms with van der Waals surface area (Å²) in [4.78, 5) is 37.1. The summed E-state index contributed by atoms with van der Waals surface area (Å²) in [6.45, 7) is 0.887. The van der Waals surface area contributed by atoms with Gasteiger partial charge in [0.25, 0.3) is 0 Å². The summed E-state index contributed by atoms with van der Waals surface area (Å²) in [7, 11) is 4.30. The number of ether oxygens (including phenoxy) is 5. The highest BCUT2D eigenvalue weighted by molar-refractivity contribution is 5.98. The van der Waals surface area contributed by atoms with E-state index in [1.54, 1.807) is 36.4 Å². The fourth-order valence-corrected chi connectivity index (χ4v) is 3.43. The van der Waals surface area contributed by atoms with Gasteiger partial charge in [0.1, 0.15) is 13.2 Å². The summed E-state index contributed by atoms with van der Waals surface area (Å²) >= 11 is 0. The molecule has 33 heavy (non-hydrogen) atoms. The first-order valence-corrected chi connectivity index (χ1v) is 10.5. The largest absolute Gasteiger partial charge is 0.493 e. The molecule has 0 saturated heterocycles. The minimum atomic E-state index is -0.658. The number of Topliss-reactive ketones (excluding diaryl/α,β-unsaturated/α-hetero) is 1. The number of carbonyl (C=O) groups is 3. The van der Waals surface area contributed by atoms with Gasteiger partial charge in [0.15, 0.2) is 28.8 Å². The van der Waals surface area contributed by atoms with Crippen molar-refractivity contribution < 1.29 is 38.1 Å². The zero-order valence-corrected chi connectivity index (χ0v) is 18.8. The molecular weight excluding hydrogens is 430 g/mol. The van der Waals surface area contributed by atoms with Gasteiger partial charge in [-0.2, -0.15) is 0 Å². The van der Waals surface area contributed by atoms with Crippen molar-refractivity contribution in [1.82, 2.24) is 5.32 Å². The van der Waals surface area contributed by atoms with Crippen LogP contribution in [-0.4, -0.2) is 52.2 Å². The van der Waals surface area contributed by atoms with Crippen LogP contribution < -0.4 is 24.3 Å². The van der Waals surface area contributed by atoms with Gasteiger partial charge in [0, 0.05) is 18.4 Å². The monoisotopic (exact) mass is 457 g/mol. The molecule has 3 rings (SSSR count). The van der Waals surface area contributed by atoms with E-state index in [-0.39, 0.29) is 31.0 Å². The molecule has 1 aliphatic heterocycles. The topological polar surface area (TPSA) is 109 Å². The normalized spacial score (nSPS) is 12.9. The molecule has 1 N–H and O–H groups in total. The summed E-state index contributed by atoms with van der Waals surface area (Å²) in [5.41, 5.74) is 1.09. The summed E-state index contributed by atoms with van der Waals surface area (Å²) in [6, 6.07) is 9.41. The summed E-state index contributed by atoms with van der Waals surface area (Å²) in [5, 5.41) is 2.81. The Morgan fingerprint density at radius 1 is 0.909 bits per heavy atom. The number of benzene rings is 2. The molecule has 1 heterocycles. The fourth-order valence-electron chi connectivity index (χ4n) is 3.43. The average molecular weight is 457 g/mol. The van der Waals surface area contributed by atoms with Crippen molar-refractivity contribution in [3.8, 4) is 23.0 Å². The average Bonchev–Trinajstić information content (AvgIpc) is 2.85. The van der Waals surface area contributed by atoms with Crippen LogP contribution in [0, 0.1) is 0 Å². The van der Waals surface area contributed by atoms with Gasteiger partial charge >= 0.3 is 5.97 Å². The van der Waals surface area contributed by atoms with E-state index in [0.717, 1.165) is 0 Å². The molecule has 1 unspecified atom stereocenters. The minimum absolute atomic E-state index is 0.00234. The first kappa shape index (κ1) is 23.9. The van der Waals surface area contributed by atoms with Gasteiger partial charge in [-0.05, 0) is 35.9 Å². The standard InChI is InChI=1S/C24H27NO8/c1-29-19-7-4-15(12-21(19)30-2)17(14-24(28)31-3)25-23(27)9-6-18(26)16-5-8-20-22(13-16)33-11-10-32-20/h4-5,7-8,12-13,17H,6,9-11,14H2,1-3H3,(H,25,27). The highest BCUT2D eigenvalue weighted by Gasteiger charge is 2.22. The SMILES string of the molecule is COC(=O)CC(NC(=O)CCC(=O)c1ccc2c(c1)OCCO2)c1ccc(OC)c(OC)c1. The molecule has 2 aromatic carbocycles. The molecular formula is C24H27NO8. The lowest BCUT2D eigenvalue weighted by atomic mass is 10.0. The Morgan fingerprint density at radius 2 is 1.64 bits per heavy atom. The Morgan fingerprint density at radius 3 is 2.33 bits per heavy atom. The minimum Gasteiger partial charge on any atom is -0.493 e. The zero-order valence-electron chi connectivity index (χ0n) is 18.8. The van der Waals surface area contributed by atoms with Crippen molar-refractivity contribution in [3.63, 3.8) is 0 Å². The molecule has 9 nitrogen and oxygen atoms in total. The number of esters is 1. The number of hydrogen-bond donors (Lipinski definition) is 1. The van der Waals surface area contributed by atoms with Crippen molar-refractivity contribution in [1.29, 1.82) is 0 Å². The van der Waals surface area contributed by atoms with Gasteiger partial charge in [0.05, 0.1) is 33.8 Å². The number of fused-ring (bicyclic) bond motifs is 1. The van der Waals surface area contributed by atoms with Crippen molar-refractivity contribution in [2.24, 2.45) is 0 Å². The van der Waals surface area contributed by atoms with Crippen molar-refractivity contribution in [2.75, 3.05) is 34.5 Å². The maximum absolute atomic E-state index is 12.6. The van der Waals surface area contributed by atoms with E-state index in [4.69, 9.17) is 23.7 Å². The van der Waals surface area contributed by atoms with Crippen LogP contribution in [-0.2, 0) is 14.3 Å². The predicted molar refractivity (Wildman–Crippen MR) is 118 cm³/mol. The number of nitrogens with one attached hydrogen (secondary N) is 1. The van der Waals surface area contributed by atoms with Crippen LogP contribution in [0.5, 0.6) is 23.0 Å². The molecule has 176 valence electrons. The first-order chi connectivity index (χ1) is 15.9. The fraction of sp³-hybridized carbons (Fsp3) is 0.375. The quantitative estimate of drug-likeness (QED) is 0.429. The van der Waals surface area contributed by atoms with Crippen molar-refractivity contribution >= 4 is 17.7 Å². The van der Waals surface area contributed by atoms with Gasteiger partial charge in [-0.15, -0.1) is 0 Å². The van der Waals surface area contributed by atoms with Crippen LogP contribution >= 0.6 is 0 Å². The number of rotatable bonds is 10.